The highest BCUT2D eigenvalue weighted by atomic mass is 16.6. The second-order valence-corrected chi connectivity index (χ2v) is 13.3. The summed E-state index contributed by atoms with van der Waals surface area (Å²) in [7, 11) is 0. The average Bonchev–Trinajstić information content (AvgIpc) is 3.08. The van der Waals surface area contributed by atoms with Crippen LogP contribution in [0, 0.1) is 22.7 Å². The molecule has 0 aromatic carbocycles. The monoisotopic (exact) mass is 532 g/mol. The predicted octanol–water partition coefficient (Wildman–Crippen LogP) is 2.75. The Kier molecular flexibility index (Phi) is 6.23. The molecule has 0 radical (unpaired) electrons. The molecule has 0 amide bonds. The van der Waals surface area contributed by atoms with Crippen molar-refractivity contribution in [2.45, 2.75) is 121 Å². The lowest BCUT2D eigenvalue weighted by molar-refractivity contribution is -0.303. The maximum Gasteiger partial charge on any atom is 0.334 e. The van der Waals surface area contributed by atoms with Crippen LogP contribution in [0.5, 0.6) is 0 Å². The van der Waals surface area contributed by atoms with Gasteiger partial charge in [0, 0.05) is 24.0 Å². The molecule has 3 fully saturated rings. The summed E-state index contributed by atoms with van der Waals surface area (Å²) in [5.74, 6) is -1.44. The molecule has 0 bridgehead atoms. The van der Waals surface area contributed by atoms with E-state index in [4.69, 9.17) is 9.47 Å². The summed E-state index contributed by atoms with van der Waals surface area (Å²) < 4.78 is 11.7. The molecule has 10 atom stereocenters. The third-order valence-electron chi connectivity index (χ3n) is 12.2. The van der Waals surface area contributed by atoms with E-state index in [1.54, 1.807) is 19.1 Å². The van der Waals surface area contributed by atoms with Gasteiger partial charge in [-0.1, -0.05) is 18.6 Å². The van der Waals surface area contributed by atoms with Crippen LogP contribution in [-0.4, -0.2) is 73.4 Å². The van der Waals surface area contributed by atoms with E-state index in [0.29, 0.717) is 44.3 Å². The Morgan fingerprint density at radius 2 is 1.76 bits per heavy atom. The average molecular weight is 533 g/mol. The van der Waals surface area contributed by atoms with Crippen molar-refractivity contribution in [2.24, 2.45) is 22.7 Å². The van der Waals surface area contributed by atoms with Gasteiger partial charge in [0.1, 0.15) is 22.9 Å². The normalized spacial score (nSPS) is 50.2. The van der Waals surface area contributed by atoms with Crippen LogP contribution in [0.4, 0.5) is 0 Å². The highest BCUT2D eigenvalue weighted by Crippen LogP contribution is 2.71. The third-order valence-corrected chi connectivity index (χ3v) is 12.2. The van der Waals surface area contributed by atoms with Crippen LogP contribution in [-0.2, 0) is 19.1 Å². The van der Waals surface area contributed by atoms with Crippen LogP contribution in [0.3, 0.4) is 0 Å². The summed E-state index contributed by atoms with van der Waals surface area (Å²) in [6.45, 7) is 10.9. The van der Waals surface area contributed by atoms with Crippen LogP contribution in [0.2, 0.25) is 0 Å². The molecule has 8 heteroatoms. The van der Waals surface area contributed by atoms with Gasteiger partial charge in [0.25, 0.3) is 0 Å². The Balaban J connectivity index is 1.57. The maximum atomic E-state index is 13.5. The number of aliphatic hydroxyl groups is 4. The number of hydrogen-bond acceptors (Lipinski definition) is 8. The fraction of sp³-hybridized carbons (Fsp3) is 0.800. The number of ketones is 1. The van der Waals surface area contributed by atoms with Gasteiger partial charge in [-0.05, 0) is 91.1 Å². The number of cyclic esters (lactones) is 1. The first kappa shape index (κ1) is 28.0. The molecular formula is C30H44O8. The largest absolute Gasteiger partial charge is 0.455 e. The van der Waals surface area contributed by atoms with Crippen LogP contribution in [0.25, 0.3) is 0 Å². The second-order valence-electron chi connectivity index (χ2n) is 13.3. The highest BCUT2D eigenvalue weighted by Gasteiger charge is 2.79. The molecule has 5 aliphatic rings. The smallest absolute Gasteiger partial charge is 0.334 e. The zero-order valence-electron chi connectivity index (χ0n) is 23.5. The van der Waals surface area contributed by atoms with Crippen LogP contribution >= 0.6 is 0 Å². The topological polar surface area (TPSA) is 134 Å². The van der Waals surface area contributed by atoms with E-state index in [0.717, 1.165) is 5.57 Å². The van der Waals surface area contributed by atoms with E-state index in [-0.39, 0.29) is 24.5 Å². The van der Waals surface area contributed by atoms with E-state index < -0.39 is 57.3 Å². The van der Waals surface area contributed by atoms with E-state index in [1.165, 1.54) is 6.92 Å². The van der Waals surface area contributed by atoms with E-state index >= 15 is 0 Å². The minimum absolute atomic E-state index is 0.111. The highest BCUT2D eigenvalue weighted by molar-refractivity contribution is 5.97. The number of rotatable bonds is 4. The van der Waals surface area contributed by atoms with Gasteiger partial charge in [-0.2, -0.15) is 0 Å². The van der Waals surface area contributed by atoms with Crippen LogP contribution in [0.15, 0.2) is 23.3 Å². The van der Waals surface area contributed by atoms with Crippen molar-refractivity contribution >= 4 is 11.8 Å². The van der Waals surface area contributed by atoms with Crippen molar-refractivity contribution in [3.05, 3.63) is 23.3 Å². The van der Waals surface area contributed by atoms with Gasteiger partial charge in [-0.3, -0.25) is 4.79 Å². The minimum Gasteiger partial charge on any atom is -0.455 e. The standard InChI is InChI=1S/C30H44O8/c1-7-37-23-16-20-19(26(5)21(31)9-8-11-29(23,26)35)10-12-25(4)28(20,34)13-14-30(25,36)27(6,33)22-15-17(2)18(3)24(32)38-22/h8-9,19-20,22-23,33-36H,7,10-16H2,1-6H3/t19-,20+,22+,23+,25-,26-,27-,28+,29-,30-/m0/s1. The van der Waals surface area contributed by atoms with Crippen molar-refractivity contribution < 1.29 is 39.5 Å². The summed E-state index contributed by atoms with van der Waals surface area (Å²) >= 11 is 0. The van der Waals surface area contributed by atoms with Crippen molar-refractivity contribution in [3.8, 4) is 0 Å². The molecule has 8 nitrogen and oxygen atoms in total. The molecule has 0 aromatic heterocycles. The lowest BCUT2D eigenvalue weighted by atomic mass is 9.41. The zero-order chi connectivity index (χ0) is 28.1. The summed E-state index contributed by atoms with van der Waals surface area (Å²) in [6, 6.07) is 0. The van der Waals surface area contributed by atoms with E-state index in [2.05, 4.69) is 0 Å². The van der Waals surface area contributed by atoms with Crippen LogP contribution in [0.1, 0.15) is 86.5 Å². The Morgan fingerprint density at radius 1 is 1.08 bits per heavy atom. The molecule has 3 saturated carbocycles. The summed E-state index contributed by atoms with van der Waals surface area (Å²) in [6.07, 6.45) is 3.73. The number of carbonyl (C=O) groups is 2. The Hall–Kier alpha value is -1.58. The van der Waals surface area contributed by atoms with Gasteiger partial charge in [-0.15, -0.1) is 0 Å². The Morgan fingerprint density at radius 3 is 2.39 bits per heavy atom. The summed E-state index contributed by atoms with van der Waals surface area (Å²) in [4.78, 5) is 26.0. The number of fused-ring (bicyclic) bond motifs is 5. The molecule has 1 heterocycles. The van der Waals surface area contributed by atoms with Gasteiger partial charge >= 0.3 is 5.97 Å². The van der Waals surface area contributed by atoms with Crippen molar-refractivity contribution in [1.82, 2.24) is 0 Å². The van der Waals surface area contributed by atoms with Gasteiger partial charge in [-0.25, -0.2) is 4.79 Å². The fourth-order valence-corrected chi connectivity index (χ4v) is 9.33. The molecule has 212 valence electrons. The molecule has 5 rings (SSSR count). The molecular weight excluding hydrogens is 488 g/mol. The lowest BCUT2D eigenvalue weighted by Crippen LogP contribution is -2.76. The number of esters is 1. The van der Waals surface area contributed by atoms with Crippen molar-refractivity contribution in [3.63, 3.8) is 0 Å². The first-order valence-corrected chi connectivity index (χ1v) is 14.1. The molecule has 38 heavy (non-hydrogen) atoms. The third kappa shape index (κ3) is 3.10. The Bertz CT molecular complexity index is 1110. The fourth-order valence-electron chi connectivity index (χ4n) is 9.33. The molecule has 0 saturated heterocycles. The molecule has 1 aliphatic heterocycles. The zero-order valence-corrected chi connectivity index (χ0v) is 23.5. The molecule has 4 aliphatic carbocycles. The molecule has 0 spiro atoms. The van der Waals surface area contributed by atoms with Gasteiger partial charge < -0.3 is 29.9 Å². The second kappa shape index (κ2) is 8.46. The first-order chi connectivity index (χ1) is 17.5. The number of ether oxygens (including phenoxy) is 2. The quantitative estimate of drug-likeness (QED) is 0.406. The molecule has 0 unspecified atom stereocenters. The summed E-state index contributed by atoms with van der Waals surface area (Å²) in [5, 5.41) is 49.0. The maximum absolute atomic E-state index is 13.5. The number of allylic oxidation sites excluding steroid dienone is 1. The SMILES string of the molecule is CCO[C@@H]1C[C@@H]2[C@H](CC[C@]3(C)[C@](O)([C@@](C)(O)[C@H]4CC(C)=C(C)C(=O)O4)CC[C@@]23O)[C@@]2(C)C(=O)C=CC[C@]12O. The number of carbonyl (C=O) groups excluding carboxylic acids is 2. The minimum atomic E-state index is -1.83. The lowest BCUT2D eigenvalue weighted by Gasteiger charge is -2.67. The first-order valence-electron chi connectivity index (χ1n) is 14.1. The van der Waals surface area contributed by atoms with Gasteiger partial charge in [0.15, 0.2) is 5.78 Å². The summed E-state index contributed by atoms with van der Waals surface area (Å²) in [5.41, 5.74) is -7.41. The molecule has 0 aromatic rings. The molecule has 4 N–H and O–H groups in total. The van der Waals surface area contributed by atoms with Crippen LogP contribution < -0.4 is 0 Å². The van der Waals surface area contributed by atoms with Gasteiger partial charge in [0.05, 0.1) is 17.1 Å². The predicted molar refractivity (Wildman–Crippen MR) is 139 cm³/mol. The van der Waals surface area contributed by atoms with Gasteiger partial charge in [0.2, 0.25) is 0 Å². The van der Waals surface area contributed by atoms with E-state index in [9.17, 15) is 30.0 Å². The Labute approximate surface area is 225 Å². The van der Waals surface area contributed by atoms with E-state index in [1.807, 2.05) is 27.7 Å². The van der Waals surface area contributed by atoms with Crippen molar-refractivity contribution in [1.29, 1.82) is 0 Å². The van der Waals surface area contributed by atoms with Crippen molar-refractivity contribution in [2.75, 3.05) is 6.61 Å². The number of hydrogen-bond donors (Lipinski definition) is 4.